The molecule has 0 bridgehead atoms. The van der Waals surface area contributed by atoms with Gasteiger partial charge >= 0.3 is 0 Å². The van der Waals surface area contributed by atoms with Crippen molar-refractivity contribution < 1.29 is 9.18 Å². The average molecular weight is 226 g/mol. The third-order valence-electron chi connectivity index (χ3n) is 2.36. The molecule has 2 aromatic rings. The SMILES string of the molecule is O=C(/C=C/c1ccc(F)cc1)c1ccccc1. The highest BCUT2D eigenvalue weighted by molar-refractivity contribution is 6.06. The van der Waals surface area contributed by atoms with Crippen LogP contribution in [0.15, 0.2) is 60.7 Å². The van der Waals surface area contributed by atoms with Crippen LogP contribution in [0.4, 0.5) is 4.39 Å². The van der Waals surface area contributed by atoms with E-state index in [0.29, 0.717) is 5.56 Å². The van der Waals surface area contributed by atoms with E-state index in [9.17, 15) is 9.18 Å². The van der Waals surface area contributed by atoms with Gasteiger partial charge in [0.25, 0.3) is 0 Å². The zero-order valence-electron chi connectivity index (χ0n) is 9.14. The van der Waals surface area contributed by atoms with Crippen LogP contribution in [0.2, 0.25) is 0 Å². The molecule has 2 heteroatoms. The quantitative estimate of drug-likeness (QED) is 0.575. The summed E-state index contributed by atoms with van der Waals surface area (Å²) in [5, 5.41) is 0. The summed E-state index contributed by atoms with van der Waals surface area (Å²) >= 11 is 0. The van der Waals surface area contributed by atoms with Gasteiger partial charge in [0, 0.05) is 5.56 Å². The lowest BCUT2D eigenvalue weighted by molar-refractivity contribution is 0.104. The van der Waals surface area contributed by atoms with Crippen molar-refractivity contribution in [1.82, 2.24) is 0 Å². The van der Waals surface area contributed by atoms with E-state index in [0.717, 1.165) is 5.56 Å². The van der Waals surface area contributed by atoms with Gasteiger partial charge in [-0.2, -0.15) is 0 Å². The molecule has 0 aliphatic heterocycles. The van der Waals surface area contributed by atoms with E-state index in [4.69, 9.17) is 0 Å². The summed E-state index contributed by atoms with van der Waals surface area (Å²) < 4.78 is 12.7. The van der Waals surface area contributed by atoms with Crippen LogP contribution < -0.4 is 0 Å². The molecule has 0 heterocycles. The van der Waals surface area contributed by atoms with Crippen LogP contribution in [-0.2, 0) is 0 Å². The Bertz CT molecular complexity index is 527. The maximum absolute atomic E-state index is 12.7. The van der Waals surface area contributed by atoms with Crippen LogP contribution in [0, 0.1) is 5.82 Å². The second-order valence-electron chi connectivity index (χ2n) is 3.62. The molecule has 17 heavy (non-hydrogen) atoms. The van der Waals surface area contributed by atoms with Gasteiger partial charge in [-0.25, -0.2) is 4.39 Å². The largest absolute Gasteiger partial charge is 0.289 e. The molecular weight excluding hydrogens is 215 g/mol. The summed E-state index contributed by atoms with van der Waals surface area (Å²) in [6.07, 6.45) is 3.16. The Balaban J connectivity index is 2.11. The Morgan fingerprint density at radius 2 is 1.59 bits per heavy atom. The summed E-state index contributed by atoms with van der Waals surface area (Å²) in [7, 11) is 0. The molecule has 0 atom stereocenters. The van der Waals surface area contributed by atoms with E-state index in [1.54, 1.807) is 30.3 Å². The fourth-order valence-electron chi connectivity index (χ4n) is 1.44. The summed E-state index contributed by atoms with van der Waals surface area (Å²) in [6, 6.07) is 15.0. The molecule has 2 rings (SSSR count). The topological polar surface area (TPSA) is 17.1 Å². The van der Waals surface area contributed by atoms with Gasteiger partial charge in [0.1, 0.15) is 5.82 Å². The summed E-state index contributed by atoms with van der Waals surface area (Å²) in [5.74, 6) is -0.341. The highest BCUT2D eigenvalue weighted by Gasteiger charge is 1.99. The molecule has 0 aromatic heterocycles. The number of benzene rings is 2. The minimum absolute atomic E-state index is 0.0603. The van der Waals surface area contributed by atoms with Crippen LogP contribution >= 0.6 is 0 Å². The van der Waals surface area contributed by atoms with Crippen LogP contribution in [0.5, 0.6) is 0 Å². The Kier molecular flexibility index (Phi) is 3.46. The molecule has 0 unspecified atom stereocenters. The Labute approximate surface area is 99.2 Å². The second-order valence-corrected chi connectivity index (χ2v) is 3.62. The van der Waals surface area contributed by atoms with Gasteiger partial charge in [-0.05, 0) is 23.8 Å². The molecular formula is C15H11FO. The van der Waals surface area contributed by atoms with Crippen molar-refractivity contribution in [2.24, 2.45) is 0 Å². The molecule has 0 spiro atoms. The van der Waals surface area contributed by atoms with Gasteiger partial charge < -0.3 is 0 Å². The smallest absolute Gasteiger partial charge is 0.185 e. The first kappa shape index (κ1) is 11.3. The fourth-order valence-corrected chi connectivity index (χ4v) is 1.44. The van der Waals surface area contributed by atoms with E-state index in [1.165, 1.54) is 18.2 Å². The Morgan fingerprint density at radius 3 is 2.24 bits per heavy atom. The van der Waals surface area contributed by atoms with Gasteiger partial charge in [-0.1, -0.05) is 48.5 Å². The molecule has 0 fully saturated rings. The number of halogens is 1. The molecule has 0 N–H and O–H groups in total. The van der Waals surface area contributed by atoms with E-state index in [1.807, 2.05) is 18.2 Å². The van der Waals surface area contributed by atoms with Crippen molar-refractivity contribution in [3.63, 3.8) is 0 Å². The average Bonchev–Trinajstić information content (AvgIpc) is 2.39. The lowest BCUT2D eigenvalue weighted by Crippen LogP contribution is -1.92. The zero-order valence-corrected chi connectivity index (χ0v) is 9.14. The first-order valence-electron chi connectivity index (χ1n) is 5.29. The molecule has 0 saturated carbocycles. The van der Waals surface area contributed by atoms with E-state index < -0.39 is 0 Å². The standard InChI is InChI=1S/C15H11FO/c16-14-9-6-12(7-10-14)8-11-15(17)13-4-2-1-3-5-13/h1-11H/b11-8+. The van der Waals surface area contributed by atoms with Crippen molar-refractivity contribution in [3.8, 4) is 0 Å². The van der Waals surface area contributed by atoms with Crippen molar-refractivity contribution in [2.45, 2.75) is 0 Å². The maximum Gasteiger partial charge on any atom is 0.185 e. The van der Waals surface area contributed by atoms with Crippen LogP contribution in [0.3, 0.4) is 0 Å². The highest BCUT2D eigenvalue weighted by Crippen LogP contribution is 2.07. The lowest BCUT2D eigenvalue weighted by Gasteiger charge is -1.95. The number of rotatable bonds is 3. The van der Waals surface area contributed by atoms with Gasteiger partial charge in [0.2, 0.25) is 0 Å². The number of ketones is 1. The van der Waals surface area contributed by atoms with Gasteiger partial charge in [0.05, 0.1) is 0 Å². The summed E-state index contributed by atoms with van der Waals surface area (Å²) in [6.45, 7) is 0. The minimum Gasteiger partial charge on any atom is -0.289 e. The maximum atomic E-state index is 12.7. The summed E-state index contributed by atoms with van der Waals surface area (Å²) in [5.41, 5.74) is 1.45. The van der Waals surface area contributed by atoms with Crippen LogP contribution in [-0.4, -0.2) is 5.78 Å². The first-order valence-corrected chi connectivity index (χ1v) is 5.29. The van der Waals surface area contributed by atoms with E-state index in [-0.39, 0.29) is 11.6 Å². The van der Waals surface area contributed by atoms with Crippen LogP contribution in [0.1, 0.15) is 15.9 Å². The van der Waals surface area contributed by atoms with Crippen molar-refractivity contribution in [1.29, 1.82) is 0 Å². The summed E-state index contributed by atoms with van der Waals surface area (Å²) in [4.78, 5) is 11.7. The third kappa shape index (κ3) is 3.11. The van der Waals surface area contributed by atoms with Gasteiger partial charge in [-0.15, -0.1) is 0 Å². The van der Waals surface area contributed by atoms with Crippen molar-refractivity contribution >= 4 is 11.9 Å². The monoisotopic (exact) mass is 226 g/mol. The number of hydrogen-bond donors (Lipinski definition) is 0. The lowest BCUT2D eigenvalue weighted by atomic mass is 10.1. The molecule has 84 valence electrons. The number of hydrogen-bond acceptors (Lipinski definition) is 1. The number of allylic oxidation sites excluding steroid dienone is 1. The molecule has 0 aliphatic rings. The predicted octanol–water partition coefficient (Wildman–Crippen LogP) is 3.72. The highest BCUT2D eigenvalue weighted by atomic mass is 19.1. The zero-order chi connectivity index (χ0) is 12.1. The van der Waals surface area contributed by atoms with Crippen LogP contribution in [0.25, 0.3) is 6.08 Å². The first-order chi connectivity index (χ1) is 8.25. The number of carbonyl (C=O) groups excluding carboxylic acids is 1. The van der Waals surface area contributed by atoms with E-state index >= 15 is 0 Å². The molecule has 0 aliphatic carbocycles. The molecule has 0 saturated heterocycles. The van der Waals surface area contributed by atoms with Gasteiger partial charge in [-0.3, -0.25) is 4.79 Å². The van der Waals surface area contributed by atoms with Gasteiger partial charge in [0.15, 0.2) is 5.78 Å². The fraction of sp³-hybridized carbons (Fsp3) is 0. The Hall–Kier alpha value is -2.22. The molecule has 2 aromatic carbocycles. The molecule has 1 nitrogen and oxygen atoms in total. The number of carbonyl (C=O) groups is 1. The van der Waals surface area contributed by atoms with Crippen molar-refractivity contribution in [2.75, 3.05) is 0 Å². The second kappa shape index (κ2) is 5.21. The third-order valence-corrected chi connectivity index (χ3v) is 2.36. The molecule has 0 amide bonds. The Morgan fingerprint density at radius 1 is 0.941 bits per heavy atom. The minimum atomic E-state index is -0.281. The van der Waals surface area contributed by atoms with Crippen molar-refractivity contribution in [3.05, 3.63) is 77.6 Å². The predicted molar refractivity (Wildman–Crippen MR) is 66.2 cm³/mol. The van der Waals surface area contributed by atoms with E-state index in [2.05, 4.69) is 0 Å². The molecule has 0 radical (unpaired) electrons. The normalized spacial score (nSPS) is 10.6.